The summed E-state index contributed by atoms with van der Waals surface area (Å²) in [5.74, 6) is -0.496. The monoisotopic (exact) mass is 388 g/mol. The van der Waals surface area contributed by atoms with E-state index in [1.165, 1.54) is 18.2 Å². The molecular formula is C15H21BrN2O5. The summed E-state index contributed by atoms with van der Waals surface area (Å²) in [4.78, 5) is 29.1. The summed E-state index contributed by atoms with van der Waals surface area (Å²) in [6.45, 7) is 5.35. The molecule has 7 nitrogen and oxygen atoms in total. The lowest BCUT2D eigenvalue weighted by molar-refractivity contribution is 0.0198. The summed E-state index contributed by atoms with van der Waals surface area (Å²) in [5, 5.41) is 9.14. The number of hydrogen-bond donors (Lipinski definition) is 1. The van der Waals surface area contributed by atoms with Gasteiger partial charge in [0.2, 0.25) is 0 Å². The molecule has 0 aromatic carbocycles. The van der Waals surface area contributed by atoms with E-state index in [0.717, 1.165) is 0 Å². The predicted molar refractivity (Wildman–Crippen MR) is 87.0 cm³/mol. The lowest BCUT2D eigenvalue weighted by Crippen LogP contribution is -2.38. The van der Waals surface area contributed by atoms with Crippen molar-refractivity contribution in [3.8, 4) is 0 Å². The predicted octanol–water partition coefficient (Wildman–Crippen LogP) is 2.36. The molecule has 1 amide bonds. The fraction of sp³-hybridized carbons (Fsp3) is 0.533. The van der Waals surface area contributed by atoms with Crippen molar-refractivity contribution in [3.63, 3.8) is 0 Å². The van der Waals surface area contributed by atoms with Crippen LogP contribution in [0.1, 0.15) is 36.8 Å². The Kier molecular flexibility index (Phi) is 6.96. The lowest BCUT2D eigenvalue weighted by atomic mass is 10.2. The number of hydrogen-bond acceptors (Lipinski definition) is 6. The second-order valence-corrected chi connectivity index (χ2v) is 6.62. The van der Waals surface area contributed by atoms with Gasteiger partial charge in [-0.1, -0.05) is 0 Å². The van der Waals surface area contributed by atoms with Gasteiger partial charge in [0, 0.05) is 17.2 Å². The molecule has 0 aliphatic heterocycles. The molecule has 8 heteroatoms. The zero-order chi connectivity index (χ0) is 17.6. The number of carbonyl (C=O) groups is 2. The Morgan fingerprint density at radius 3 is 2.52 bits per heavy atom. The van der Waals surface area contributed by atoms with Crippen molar-refractivity contribution in [2.75, 3.05) is 20.3 Å². The third kappa shape index (κ3) is 6.15. The molecule has 0 saturated heterocycles. The summed E-state index contributed by atoms with van der Waals surface area (Å²) in [6, 6.07) is 1.57. The first kappa shape index (κ1) is 19.4. The maximum atomic E-state index is 12.2. The van der Waals surface area contributed by atoms with E-state index in [4.69, 9.17) is 9.84 Å². The van der Waals surface area contributed by atoms with E-state index in [0.29, 0.717) is 15.7 Å². The van der Waals surface area contributed by atoms with Crippen LogP contribution in [0.2, 0.25) is 0 Å². The molecular weight excluding hydrogens is 368 g/mol. The highest BCUT2D eigenvalue weighted by molar-refractivity contribution is 9.10. The molecule has 1 heterocycles. The van der Waals surface area contributed by atoms with Crippen LogP contribution in [0.3, 0.4) is 0 Å². The Labute approximate surface area is 143 Å². The van der Waals surface area contributed by atoms with E-state index < -0.39 is 17.7 Å². The van der Waals surface area contributed by atoms with E-state index in [2.05, 4.69) is 25.7 Å². The average Bonchev–Trinajstić information content (AvgIpc) is 2.45. The molecule has 0 spiro atoms. The highest BCUT2D eigenvalue weighted by Crippen LogP contribution is 2.19. The van der Waals surface area contributed by atoms with E-state index in [1.807, 2.05) is 0 Å². The van der Waals surface area contributed by atoms with Crippen molar-refractivity contribution in [3.05, 3.63) is 28.0 Å². The molecule has 0 aliphatic rings. The fourth-order valence-corrected chi connectivity index (χ4v) is 2.15. The van der Waals surface area contributed by atoms with Crippen molar-refractivity contribution in [1.82, 2.24) is 9.88 Å². The van der Waals surface area contributed by atoms with Crippen LogP contribution in [-0.4, -0.2) is 52.9 Å². The maximum Gasteiger partial charge on any atom is 0.410 e. The topological polar surface area (TPSA) is 89.0 Å². The minimum atomic E-state index is -0.635. The minimum Gasteiger partial charge on any atom is -0.465 e. The molecule has 1 aromatic rings. The minimum absolute atomic E-state index is 0.113. The number of aromatic nitrogens is 1. The molecule has 1 N–H and O–H groups in total. The summed E-state index contributed by atoms with van der Waals surface area (Å²) in [5.41, 5.74) is 0.204. The number of halogens is 1. The molecule has 0 radical (unpaired) electrons. The van der Waals surface area contributed by atoms with Crippen molar-refractivity contribution >= 4 is 28.0 Å². The van der Waals surface area contributed by atoms with Gasteiger partial charge in [0.05, 0.1) is 31.5 Å². The number of methoxy groups -OCH3 is 1. The van der Waals surface area contributed by atoms with Gasteiger partial charge in [0.1, 0.15) is 5.60 Å². The molecule has 0 atom stereocenters. The standard InChI is InChI=1S/C15H21BrN2O5/c1-15(2,3)23-14(21)18(5-6-19)9-12-11(16)7-10(8-17-12)13(20)22-4/h7-8,19H,5-6,9H2,1-4H3. The molecule has 0 saturated carbocycles. The van der Waals surface area contributed by atoms with Gasteiger partial charge in [0.25, 0.3) is 0 Å². The molecule has 0 aliphatic carbocycles. The third-order valence-electron chi connectivity index (χ3n) is 2.70. The van der Waals surface area contributed by atoms with Crippen molar-refractivity contribution in [2.24, 2.45) is 0 Å². The van der Waals surface area contributed by atoms with Crippen molar-refractivity contribution in [1.29, 1.82) is 0 Å². The highest BCUT2D eigenvalue weighted by Gasteiger charge is 2.23. The largest absolute Gasteiger partial charge is 0.465 e. The Morgan fingerprint density at radius 1 is 1.39 bits per heavy atom. The smallest absolute Gasteiger partial charge is 0.410 e. The molecule has 128 valence electrons. The van der Waals surface area contributed by atoms with Gasteiger partial charge in [-0.15, -0.1) is 0 Å². The van der Waals surface area contributed by atoms with Crippen LogP contribution in [0.5, 0.6) is 0 Å². The fourth-order valence-electron chi connectivity index (χ4n) is 1.67. The van der Waals surface area contributed by atoms with E-state index in [1.54, 1.807) is 26.8 Å². The Bertz CT molecular complexity index is 571. The first-order chi connectivity index (χ1) is 10.7. The van der Waals surface area contributed by atoms with Crippen molar-refractivity contribution in [2.45, 2.75) is 32.9 Å². The lowest BCUT2D eigenvalue weighted by Gasteiger charge is -2.27. The number of ether oxygens (including phenoxy) is 2. The van der Waals surface area contributed by atoms with Crippen LogP contribution in [0.4, 0.5) is 4.79 Å². The summed E-state index contributed by atoms with van der Waals surface area (Å²) in [7, 11) is 1.29. The summed E-state index contributed by atoms with van der Waals surface area (Å²) in [6.07, 6.45) is 0.829. The highest BCUT2D eigenvalue weighted by atomic mass is 79.9. The molecule has 0 bridgehead atoms. The number of nitrogens with zero attached hydrogens (tertiary/aromatic N) is 2. The molecule has 0 fully saturated rings. The SMILES string of the molecule is COC(=O)c1cnc(CN(CCO)C(=O)OC(C)(C)C)c(Br)c1. The van der Waals surface area contributed by atoms with Crippen LogP contribution in [0.15, 0.2) is 16.7 Å². The van der Waals surface area contributed by atoms with Crippen LogP contribution >= 0.6 is 15.9 Å². The number of esters is 1. The summed E-state index contributed by atoms with van der Waals surface area (Å²) < 4.78 is 10.5. The zero-order valence-electron chi connectivity index (χ0n) is 13.6. The normalized spacial score (nSPS) is 11.0. The second kappa shape index (κ2) is 8.26. The average molecular weight is 389 g/mol. The van der Waals surface area contributed by atoms with Crippen molar-refractivity contribution < 1.29 is 24.2 Å². The first-order valence-electron chi connectivity index (χ1n) is 6.99. The quantitative estimate of drug-likeness (QED) is 0.778. The molecule has 23 heavy (non-hydrogen) atoms. The van der Waals surface area contributed by atoms with Crippen LogP contribution < -0.4 is 0 Å². The van der Waals surface area contributed by atoms with E-state index >= 15 is 0 Å². The Hall–Kier alpha value is -1.67. The van der Waals surface area contributed by atoms with E-state index in [-0.39, 0.29) is 19.7 Å². The van der Waals surface area contributed by atoms with Gasteiger partial charge < -0.3 is 14.6 Å². The molecule has 1 aromatic heterocycles. The van der Waals surface area contributed by atoms with Gasteiger partial charge in [-0.05, 0) is 42.8 Å². The van der Waals surface area contributed by atoms with Crippen LogP contribution in [0, 0.1) is 0 Å². The Morgan fingerprint density at radius 2 is 2.04 bits per heavy atom. The van der Waals surface area contributed by atoms with Gasteiger partial charge in [0.15, 0.2) is 0 Å². The number of aliphatic hydroxyl groups is 1. The number of rotatable bonds is 5. The van der Waals surface area contributed by atoms with Gasteiger partial charge >= 0.3 is 12.1 Å². The first-order valence-corrected chi connectivity index (χ1v) is 7.78. The van der Waals surface area contributed by atoms with Gasteiger partial charge in [-0.25, -0.2) is 9.59 Å². The Balaban J connectivity index is 2.92. The molecule has 1 rings (SSSR count). The summed E-state index contributed by atoms with van der Waals surface area (Å²) >= 11 is 3.32. The van der Waals surface area contributed by atoms with E-state index in [9.17, 15) is 9.59 Å². The zero-order valence-corrected chi connectivity index (χ0v) is 15.2. The number of pyridine rings is 1. The van der Waals surface area contributed by atoms with Gasteiger partial charge in [-0.2, -0.15) is 0 Å². The molecule has 0 unspecified atom stereocenters. The number of carbonyl (C=O) groups excluding carboxylic acids is 2. The number of aliphatic hydroxyl groups excluding tert-OH is 1. The van der Waals surface area contributed by atoms with Crippen LogP contribution in [-0.2, 0) is 16.0 Å². The number of amides is 1. The maximum absolute atomic E-state index is 12.2. The van der Waals surface area contributed by atoms with Gasteiger partial charge in [-0.3, -0.25) is 9.88 Å². The van der Waals surface area contributed by atoms with Crippen LogP contribution in [0.25, 0.3) is 0 Å². The third-order valence-corrected chi connectivity index (χ3v) is 3.39. The second-order valence-electron chi connectivity index (χ2n) is 5.77.